The van der Waals surface area contributed by atoms with Gasteiger partial charge in [0.25, 0.3) is 0 Å². The number of aromatic nitrogens is 2. The van der Waals surface area contributed by atoms with Crippen molar-refractivity contribution in [2.45, 2.75) is 64.4 Å². The second-order valence-corrected chi connectivity index (χ2v) is 12.0. The maximum atomic E-state index is 11.8. The molecule has 35 heavy (non-hydrogen) atoms. The third-order valence-electron chi connectivity index (χ3n) is 5.50. The predicted molar refractivity (Wildman–Crippen MR) is 146 cm³/mol. The van der Waals surface area contributed by atoms with E-state index in [4.69, 9.17) is 19.8 Å². The Morgan fingerprint density at radius 3 is 2.51 bits per heavy atom. The lowest BCUT2D eigenvalue weighted by molar-refractivity contribution is 0.243. The molecule has 0 bridgehead atoms. The molecule has 1 saturated heterocycles. The van der Waals surface area contributed by atoms with E-state index in [1.54, 1.807) is 17.4 Å². The number of thiazole rings is 2. The van der Waals surface area contributed by atoms with E-state index in [9.17, 15) is 8.42 Å². The van der Waals surface area contributed by atoms with E-state index in [2.05, 4.69) is 17.3 Å². The zero-order valence-electron chi connectivity index (χ0n) is 21.2. The molecular formula is C24H35N5O3S3. The molecule has 1 aliphatic heterocycles. The highest BCUT2D eigenvalue weighted by atomic mass is 32.2. The number of hydrogen-bond donors (Lipinski definition) is 2. The smallest absolute Gasteiger partial charge is 0.238 e. The quantitative estimate of drug-likeness (QED) is 0.404. The molecule has 0 atom stereocenters. The molecule has 0 saturated carbocycles. The number of ether oxygens (including phenoxy) is 1. The highest BCUT2D eigenvalue weighted by Gasteiger charge is 2.23. The van der Waals surface area contributed by atoms with Crippen molar-refractivity contribution in [2.75, 3.05) is 25.5 Å². The molecule has 8 nitrogen and oxygen atoms in total. The molecule has 0 amide bonds. The number of benzene rings is 1. The average molecular weight is 538 g/mol. The number of aryl methyl sites for hydroxylation is 1. The van der Waals surface area contributed by atoms with Crippen molar-refractivity contribution in [3.63, 3.8) is 0 Å². The molecular weight excluding hydrogens is 502 g/mol. The number of rotatable bonds is 7. The van der Waals surface area contributed by atoms with Crippen LogP contribution in [0, 0.1) is 6.92 Å². The lowest BCUT2D eigenvalue weighted by atomic mass is 9.98. The van der Waals surface area contributed by atoms with Crippen molar-refractivity contribution in [2.24, 2.45) is 5.14 Å². The summed E-state index contributed by atoms with van der Waals surface area (Å²) < 4.78 is 29.5. The summed E-state index contributed by atoms with van der Waals surface area (Å²) in [5.41, 5.74) is 2.36. The van der Waals surface area contributed by atoms with E-state index in [1.807, 2.05) is 40.0 Å². The van der Waals surface area contributed by atoms with Crippen molar-refractivity contribution in [1.82, 2.24) is 14.9 Å². The van der Waals surface area contributed by atoms with Crippen molar-refractivity contribution >= 4 is 43.5 Å². The number of nitrogens with one attached hydrogen (secondary N) is 1. The van der Waals surface area contributed by atoms with Crippen molar-refractivity contribution < 1.29 is 13.2 Å². The number of nitrogens with two attached hydrogens (primary N) is 1. The number of hydrogen-bond acceptors (Lipinski definition) is 9. The fourth-order valence-electron chi connectivity index (χ4n) is 3.78. The normalized spacial score (nSPS) is 15.1. The molecule has 192 valence electrons. The molecule has 11 heteroatoms. The highest BCUT2D eigenvalue weighted by Crippen LogP contribution is 2.39. The van der Waals surface area contributed by atoms with Gasteiger partial charge in [0.2, 0.25) is 10.0 Å². The highest BCUT2D eigenvalue weighted by molar-refractivity contribution is 7.89. The van der Waals surface area contributed by atoms with Gasteiger partial charge in [0.05, 0.1) is 38.0 Å². The topological polar surface area (TPSA) is 110 Å². The van der Waals surface area contributed by atoms with E-state index >= 15 is 0 Å². The molecule has 4 rings (SSSR count). The molecule has 3 N–H and O–H groups in total. The van der Waals surface area contributed by atoms with E-state index in [1.165, 1.54) is 28.5 Å². The van der Waals surface area contributed by atoms with Crippen LogP contribution < -0.4 is 15.2 Å². The fourth-order valence-corrected chi connectivity index (χ4v) is 6.30. The van der Waals surface area contributed by atoms with Gasteiger partial charge in [-0.05, 0) is 71.9 Å². The Kier molecular flexibility index (Phi) is 9.28. The fraction of sp³-hybridized carbons (Fsp3) is 0.500. The van der Waals surface area contributed by atoms with E-state index in [-0.39, 0.29) is 11.0 Å². The molecule has 0 unspecified atom stereocenters. The van der Waals surface area contributed by atoms with Gasteiger partial charge in [-0.2, -0.15) is 0 Å². The minimum atomic E-state index is -3.84. The van der Waals surface area contributed by atoms with E-state index in [0.717, 1.165) is 42.2 Å². The summed E-state index contributed by atoms with van der Waals surface area (Å²) in [7, 11) is -1.68. The lowest BCUT2D eigenvalue weighted by Crippen LogP contribution is -2.29. The maximum absolute atomic E-state index is 11.8. The Morgan fingerprint density at radius 2 is 1.89 bits per heavy atom. The van der Waals surface area contributed by atoms with Gasteiger partial charge in [0, 0.05) is 11.3 Å². The van der Waals surface area contributed by atoms with Crippen molar-refractivity contribution in [3.05, 3.63) is 34.3 Å². The molecule has 2 aromatic heterocycles. The minimum Gasteiger partial charge on any atom is -0.489 e. The second-order valence-electron chi connectivity index (χ2n) is 8.58. The van der Waals surface area contributed by atoms with Crippen LogP contribution in [0.1, 0.15) is 57.2 Å². The van der Waals surface area contributed by atoms with Gasteiger partial charge in [0.15, 0.2) is 5.13 Å². The molecule has 3 aromatic rings. The van der Waals surface area contributed by atoms with Crippen LogP contribution in [-0.2, 0) is 10.0 Å². The number of anilines is 2. The number of nitrogens with zero attached hydrogens (tertiary/aromatic N) is 3. The first-order valence-corrected chi connectivity index (χ1v) is 15.1. The van der Waals surface area contributed by atoms with Crippen LogP contribution in [0.2, 0.25) is 0 Å². The number of piperidine rings is 1. The van der Waals surface area contributed by atoms with E-state index in [0.29, 0.717) is 22.5 Å². The van der Waals surface area contributed by atoms with Gasteiger partial charge < -0.3 is 15.0 Å². The molecule has 1 aliphatic rings. The Bertz CT molecular complexity index is 1230. The van der Waals surface area contributed by atoms with Crippen LogP contribution in [0.25, 0.3) is 10.6 Å². The monoisotopic (exact) mass is 537 g/mol. The molecule has 0 radical (unpaired) electrons. The van der Waals surface area contributed by atoms with Gasteiger partial charge in [-0.15, -0.1) is 22.7 Å². The van der Waals surface area contributed by atoms with Crippen LogP contribution in [0.3, 0.4) is 0 Å². The number of primary sulfonamides is 1. The maximum Gasteiger partial charge on any atom is 0.238 e. The molecule has 0 aliphatic carbocycles. The van der Waals surface area contributed by atoms with Crippen LogP contribution in [0.15, 0.2) is 28.5 Å². The third kappa shape index (κ3) is 7.01. The summed E-state index contributed by atoms with van der Waals surface area (Å²) in [6.07, 6.45) is 2.19. The van der Waals surface area contributed by atoms with Gasteiger partial charge >= 0.3 is 0 Å². The molecule has 0 spiro atoms. The summed E-state index contributed by atoms with van der Waals surface area (Å²) in [5.74, 6) is 1.04. The van der Waals surface area contributed by atoms with Crippen LogP contribution in [0.4, 0.5) is 10.8 Å². The van der Waals surface area contributed by atoms with Crippen LogP contribution in [-0.4, -0.2) is 49.5 Å². The Morgan fingerprint density at radius 1 is 1.20 bits per heavy atom. The SMILES string of the molecule is CC.Cc1nc(C2CCN(C)CC2)sc1-c1csc(Nc2cc(S(N)(=O)=O)ccc2OC(C)C)n1. The van der Waals surface area contributed by atoms with Gasteiger partial charge in [-0.25, -0.2) is 23.5 Å². The first kappa shape index (κ1) is 27.5. The zero-order valence-corrected chi connectivity index (χ0v) is 23.6. The molecule has 1 aromatic carbocycles. The third-order valence-corrected chi connectivity index (χ3v) is 8.51. The lowest BCUT2D eigenvalue weighted by Gasteiger charge is -2.27. The largest absolute Gasteiger partial charge is 0.489 e. The Balaban J connectivity index is 0.00000167. The van der Waals surface area contributed by atoms with Crippen molar-refractivity contribution in [1.29, 1.82) is 0 Å². The summed E-state index contributed by atoms with van der Waals surface area (Å²) in [5, 5.41) is 12.4. The Labute approximate surface area is 216 Å². The summed E-state index contributed by atoms with van der Waals surface area (Å²) in [6, 6.07) is 4.53. The van der Waals surface area contributed by atoms with Crippen molar-refractivity contribution in [3.8, 4) is 16.3 Å². The number of likely N-dealkylation sites (tertiary alicyclic amines) is 1. The summed E-state index contributed by atoms with van der Waals surface area (Å²) in [6.45, 7) is 12.0. The molecule has 1 fully saturated rings. The zero-order chi connectivity index (χ0) is 25.8. The first-order chi connectivity index (χ1) is 16.6. The van der Waals surface area contributed by atoms with Gasteiger partial charge in [-0.3, -0.25) is 0 Å². The summed E-state index contributed by atoms with van der Waals surface area (Å²) in [4.78, 5) is 13.1. The first-order valence-electron chi connectivity index (χ1n) is 11.8. The summed E-state index contributed by atoms with van der Waals surface area (Å²) >= 11 is 3.17. The van der Waals surface area contributed by atoms with Crippen LogP contribution >= 0.6 is 22.7 Å². The average Bonchev–Trinajstić information content (AvgIpc) is 3.42. The van der Waals surface area contributed by atoms with Crippen LogP contribution in [0.5, 0.6) is 5.75 Å². The Hall–Kier alpha value is -2.05. The standard InChI is InChI=1S/C22H29N5O3S3.C2H6/c1-13(2)30-19-6-5-16(33(23,28)29)11-17(19)25-22-26-18(12-31-22)20-14(3)24-21(32-20)15-7-9-27(4)10-8-15;1-2/h5-6,11-13,15H,7-10H2,1-4H3,(H,25,26)(H2,23,28,29);1-2H3. The van der Waals surface area contributed by atoms with E-state index < -0.39 is 10.0 Å². The van der Waals surface area contributed by atoms with Gasteiger partial charge in [0.1, 0.15) is 5.75 Å². The minimum absolute atomic E-state index is 0.0129. The molecule has 3 heterocycles. The second kappa shape index (κ2) is 11.8. The number of sulfonamides is 1. The predicted octanol–water partition coefficient (Wildman–Crippen LogP) is 5.59. The van der Waals surface area contributed by atoms with Gasteiger partial charge in [-0.1, -0.05) is 13.8 Å².